The lowest BCUT2D eigenvalue weighted by Gasteiger charge is -2.30. The number of hydrogen-bond donors (Lipinski definition) is 1. The van der Waals surface area contributed by atoms with Crippen molar-refractivity contribution in [1.82, 2.24) is 10.2 Å². The highest BCUT2D eigenvalue weighted by molar-refractivity contribution is 7.92. The van der Waals surface area contributed by atoms with Gasteiger partial charge in [0.25, 0.3) is 0 Å². The topological polar surface area (TPSA) is 86.8 Å². The van der Waals surface area contributed by atoms with E-state index in [-0.39, 0.29) is 31.6 Å². The van der Waals surface area contributed by atoms with E-state index in [0.29, 0.717) is 22.2 Å². The maximum Gasteiger partial charge on any atom is 0.416 e. The second kappa shape index (κ2) is 12.8. The van der Waals surface area contributed by atoms with Gasteiger partial charge < -0.3 is 10.2 Å². The molecule has 0 aliphatic rings. The number of nitrogens with zero attached hydrogens (tertiary/aromatic N) is 2. The lowest BCUT2D eigenvalue weighted by Crippen LogP contribution is -2.47. The van der Waals surface area contributed by atoms with Crippen LogP contribution in [0.2, 0.25) is 10.0 Å². The predicted molar refractivity (Wildman–Crippen MR) is 138 cm³/mol. The number of anilines is 1. The van der Waals surface area contributed by atoms with Crippen LogP contribution in [-0.2, 0) is 32.3 Å². The third-order valence-electron chi connectivity index (χ3n) is 5.52. The van der Waals surface area contributed by atoms with Gasteiger partial charge in [-0.15, -0.1) is 0 Å². The first-order valence-electron chi connectivity index (χ1n) is 11.3. The van der Waals surface area contributed by atoms with Crippen molar-refractivity contribution in [3.63, 3.8) is 0 Å². The van der Waals surface area contributed by atoms with Gasteiger partial charge in [0.2, 0.25) is 21.8 Å². The van der Waals surface area contributed by atoms with Gasteiger partial charge in [-0.3, -0.25) is 13.9 Å². The minimum atomic E-state index is -4.65. The SMILES string of the molecule is CCNC(=O)[C@H](C)N(Cc1c(Cl)cccc1Cl)C(=O)CCCN(c1cccc(C(F)(F)F)c1)S(C)(=O)=O. The number of carbonyl (C=O) groups excluding carboxylic acids is 2. The summed E-state index contributed by atoms with van der Waals surface area (Å²) in [7, 11) is -3.95. The number of likely N-dealkylation sites (N-methyl/N-ethyl adjacent to an activating group) is 1. The Morgan fingerprint density at radius 2 is 1.68 bits per heavy atom. The summed E-state index contributed by atoms with van der Waals surface area (Å²) in [4.78, 5) is 27.0. The van der Waals surface area contributed by atoms with E-state index in [1.54, 1.807) is 32.0 Å². The molecule has 2 aromatic rings. The van der Waals surface area contributed by atoms with Gasteiger partial charge in [-0.25, -0.2) is 8.42 Å². The van der Waals surface area contributed by atoms with Crippen LogP contribution in [0, 0.1) is 0 Å². The van der Waals surface area contributed by atoms with Crippen molar-refractivity contribution in [2.24, 2.45) is 0 Å². The fourth-order valence-corrected chi connectivity index (χ4v) is 5.07. The third kappa shape index (κ3) is 8.51. The zero-order chi connectivity index (χ0) is 28.0. The number of hydrogen-bond acceptors (Lipinski definition) is 4. The van der Waals surface area contributed by atoms with Gasteiger partial charge in [-0.05, 0) is 50.6 Å². The molecule has 0 spiro atoms. The summed E-state index contributed by atoms with van der Waals surface area (Å²) in [6.45, 7) is 3.30. The second-order valence-corrected chi connectivity index (χ2v) is 11.0. The van der Waals surface area contributed by atoms with E-state index in [1.807, 2.05) is 0 Å². The largest absolute Gasteiger partial charge is 0.416 e. The van der Waals surface area contributed by atoms with Gasteiger partial charge in [0.05, 0.1) is 17.5 Å². The number of nitrogens with one attached hydrogen (secondary N) is 1. The highest BCUT2D eigenvalue weighted by Crippen LogP contribution is 2.32. The Balaban J connectivity index is 2.25. The number of rotatable bonds is 11. The lowest BCUT2D eigenvalue weighted by atomic mass is 10.1. The lowest BCUT2D eigenvalue weighted by molar-refractivity contribution is -0.140. The molecule has 0 heterocycles. The molecule has 1 N–H and O–H groups in total. The van der Waals surface area contributed by atoms with Crippen LogP contribution in [0.5, 0.6) is 0 Å². The molecule has 13 heteroatoms. The molecule has 204 valence electrons. The first-order valence-corrected chi connectivity index (χ1v) is 13.9. The van der Waals surface area contributed by atoms with E-state index in [0.717, 1.165) is 28.8 Å². The van der Waals surface area contributed by atoms with Crippen LogP contribution in [-0.4, -0.2) is 50.5 Å². The van der Waals surface area contributed by atoms with Crippen LogP contribution in [0.25, 0.3) is 0 Å². The molecule has 0 saturated carbocycles. The minimum Gasteiger partial charge on any atom is -0.355 e. The molecule has 0 radical (unpaired) electrons. The molecule has 0 saturated heterocycles. The summed E-state index contributed by atoms with van der Waals surface area (Å²) in [5, 5.41) is 3.26. The first-order chi connectivity index (χ1) is 17.2. The standard InChI is InChI=1S/C24H28Cl2F3N3O4S/c1-4-30-23(34)16(2)31(15-19-20(25)10-6-11-21(19)26)22(33)12-7-13-32(37(3,35)36)18-9-5-8-17(14-18)24(27,28)29/h5-6,8-11,14,16H,4,7,12-13,15H2,1-3H3,(H,30,34)/t16-/m0/s1. The van der Waals surface area contributed by atoms with Crippen LogP contribution in [0.4, 0.5) is 18.9 Å². The molecule has 0 fully saturated rings. The van der Waals surface area contributed by atoms with E-state index in [1.165, 1.54) is 11.0 Å². The molecule has 0 bridgehead atoms. The molecule has 0 unspecified atom stereocenters. The van der Waals surface area contributed by atoms with Gasteiger partial charge in [0.1, 0.15) is 6.04 Å². The van der Waals surface area contributed by atoms with Crippen molar-refractivity contribution < 1.29 is 31.2 Å². The Labute approximate surface area is 224 Å². The summed E-state index contributed by atoms with van der Waals surface area (Å²) in [5.74, 6) is -0.881. The Kier molecular flexibility index (Phi) is 10.7. The Morgan fingerprint density at radius 1 is 1.08 bits per heavy atom. The molecular weight excluding hydrogens is 554 g/mol. The predicted octanol–water partition coefficient (Wildman–Crippen LogP) is 5.11. The van der Waals surface area contributed by atoms with Gasteiger partial charge in [0.15, 0.2) is 0 Å². The summed E-state index contributed by atoms with van der Waals surface area (Å²) < 4.78 is 64.9. The maximum atomic E-state index is 13.2. The van der Waals surface area contributed by atoms with E-state index in [9.17, 15) is 31.2 Å². The average Bonchev–Trinajstić information content (AvgIpc) is 2.80. The smallest absolute Gasteiger partial charge is 0.355 e. The average molecular weight is 582 g/mol. The molecule has 37 heavy (non-hydrogen) atoms. The van der Waals surface area contributed by atoms with Crippen molar-refractivity contribution in [3.05, 3.63) is 63.6 Å². The molecular formula is C24H28Cl2F3N3O4S. The molecule has 7 nitrogen and oxygen atoms in total. The van der Waals surface area contributed by atoms with Gasteiger partial charge >= 0.3 is 6.18 Å². The van der Waals surface area contributed by atoms with Crippen LogP contribution in [0.3, 0.4) is 0 Å². The van der Waals surface area contributed by atoms with E-state index in [4.69, 9.17) is 23.2 Å². The van der Waals surface area contributed by atoms with Gasteiger partial charge in [0, 0.05) is 41.7 Å². The van der Waals surface area contributed by atoms with Gasteiger partial charge in [-0.1, -0.05) is 35.3 Å². The number of amides is 2. The molecule has 2 rings (SSSR count). The first kappa shape index (κ1) is 30.7. The molecule has 2 amide bonds. The van der Waals surface area contributed by atoms with Crippen molar-refractivity contribution in [1.29, 1.82) is 0 Å². The Bertz CT molecular complexity index is 1210. The number of benzene rings is 2. The van der Waals surface area contributed by atoms with E-state index in [2.05, 4.69) is 5.32 Å². The fourth-order valence-electron chi connectivity index (χ4n) is 3.60. The third-order valence-corrected chi connectivity index (χ3v) is 7.42. The summed E-state index contributed by atoms with van der Waals surface area (Å²) in [5.41, 5.74) is -0.717. The van der Waals surface area contributed by atoms with Crippen molar-refractivity contribution >= 4 is 50.7 Å². The normalized spacial score (nSPS) is 12.6. The zero-order valence-corrected chi connectivity index (χ0v) is 22.8. The van der Waals surface area contributed by atoms with E-state index >= 15 is 0 Å². The van der Waals surface area contributed by atoms with Crippen molar-refractivity contribution in [2.75, 3.05) is 23.7 Å². The molecule has 0 aromatic heterocycles. The van der Waals surface area contributed by atoms with Crippen LogP contribution < -0.4 is 9.62 Å². The van der Waals surface area contributed by atoms with Crippen molar-refractivity contribution in [2.45, 2.75) is 45.5 Å². The minimum absolute atomic E-state index is 0.0168. The zero-order valence-electron chi connectivity index (χ0n) is 20.5. The second-order valence-electron chi connectivity index (χ2n) is 8.28. The van der Waals surface area contributed by atoms with Crippen molar-refractivity contribution in [3.8, 4) is 0 Å². The Morgan fingerprint density at radius 3 is 2.22 bits per heavy atom. The van der Waals surface area contributed by atoms with Gasteiger partial charge in [-0.2, -0.15) is 13.2 Å². The number of carbonyl (C=O) groups is 2. The van der Waals surface area contributed by atoms with E-state index < -0.39 is 39.6 Å². The summed E-state index contributed by atoms with van der Waals surface area (Å²) >= 11 is 12.5. The molecule has 2 aromatic carbocycles. The molecule has 0 aliphatic carbocycles. The number of sulfonamides is 1. The Hall–Kier alpha value is -2.50. The molecule has 1 atom stereocenters. The monoisotopic (exact) mass is 581 g/mol. The summed E-state index contributed by atoms with van der Waals surface area (Å²) in [6.07, 6.45) is -3.98. The van der Waals surface area contributed by atoms with Crippen LogP contribution in [0.1, 0.15) is 37.8 Å². The maximum absolute atomic E-state index is 13.2. The van der Waals surface area contributed by atoms with Crippen LogP contribution in [0.15, 0.2) is 42.5 Å². The fraction of sp³-hybridized carbons (Fsp3) is 0.417. The van der Waals surface area contributed by atoms with Crippen LogP contribution >= 0.6 is 23.2 Å². The molecule has 0 aliphatic heterocycles. The quantitative estimate of drug-likeness (QED) is 0.399. The number of alkyl halides is 3. The highest BCUT2D eigenvalue weighted by Gasteiger charge is 2.32. The highest BCUT2D eigenvalue weighted by atomic mass is 35.5. The summed E-state index contributed by atoms with van der Waals surface area (Å²) in [6, 6.07) is 7.89. The number of halogens is 5.